The van der Waals surface area contributed by atoms with Crippen molar-refractivity contribution < 1.29 is 14.3 Å². The molecule has 0 saturated carbocycles. The van der Waals surface area contributed by atoms with Crippen LogP contribution in [0.25, 0.3) is 10.2 Å². The van der Waals surface area contributed by atoms with Crippen molar-refractivity contribution in [2.24, 2.45) is 0 Å². The van der Waals surface area contributed by atoms with E-state index in [0.29, 0.717) is 19.7 Å². The van der Waals surface area contributed by atoms with Crippen molar-refractivity contribution in [2.75, 3.05) is 37.7 Å². The molecule has 1 aliphatic heterocycles. The minimum absolute atomic E-state index is 0.0279. The van der Waals surface area contributed by atoms with Crippen molar-refractivity contribution in [3.63, 3.8) is 0 Å². The lowest BCUT2D eigenvalue weighted by Crippen LogP contribution is -2.49. The van der Waals surface area contributed by atoms with E-state index in [2.05, 4.69) is 11.8 Å². The smallest absolute Gasteiger partial charge is 0.306 e. The van der Waals surface area contributed by atoms with Gasteiger partial charge in [-0.25, -0.2) is 9.97 Å². The lowest BCUT2D eigenvalue weighted by molar-refractivity contribution is -0.145. The van der Waals surface area contributed by atoms with Crippen LogP contribution in [0, 0.1) is 0 Å². The van der Waals surface area contributed by atoms with E-state index in [0.717, 1.165) is 55.2 Å². The summed E-state index contributed by atoms with van der Waals surface area (Å²) >= 11 is 1.85. The number of hydrogen-bond donors (Lipinski definition) is 0. The van der Waals surface area contributed by atoms with E-state index >= 15 is 0 Å². The summed E-state index contributed by atoms with van der Waals surface area (Å²) < 4.78 is 4.93. The molecule has 7 nitrogen and oxygen atoms in total. The summed E-state index contributed by atoms with van der Waals surface area (Å²) in [4.78, 5) is 40.8. The first-order valence-electron chi connectivity index (χ1n) is 11.6. The molecule has 0 spiro atoms. The second-order valence-corrected chi connectivity index (χ2v) is 9.36. The van der Waals surface area contributed by atoms with Gasteiger partial charge in [-0.15, -0.1) is 11.3 Å². The Morgan fingerprint density at radius 3 is 2.55 bits per heavy atom. The van der Waals surface area contributed by atoms with Gasteiger partial charge in [0.25, 0.3) is 0 Å². The lowest BCUT2D eigenvalue weighted by Gasteiger charge is -2.36. The molecule has 8 heteroatoms. The van der Waals surface area contributed by atoms with Gasteiger partial charge in [-0.05, 0) is 44.6 Å². The topological polar surface area (TPSA) is 75.6 Å². The number of fused-ring (bicyclic) bond motifs is 3. The van der Waals surface area contributed by atoms with Gasteiger partial charge in [-0.3, -0.25) is 9.59 Å². The highest BCUT2D eigenvalue weighted by Crippen LogP contribution is 2.40. The van der Waals surface area contributed by atoms with Crippen LogP contribution in [0.2, 0.25) is 0 Å². The number of carbonyl (C=O) groups excluding carboxylic acids is 2. The fourth-order valence-corrected chi connectivity index (χ4v) is 5.79. The van der Waals surface area contributed by atoms with Gasteiger partial charge in [0.1, 0.15) is 16.5 Å². The van der Waals surface area contributed by atoms with Gasteiger partial charge in [0.2, 0.25) is 5.91 Å². The minimum atomic E-state index is -0.302. The second-order valence-electron chi connectivity index (χ2n) is 8.28. The SMILES string of the molecule is CCCc1nc(N2CCN(C(=O)CCC(=O)OCC)CC2)c2c3c(sc2n1)CCCC3. The molecule has 0 radical (unpaired) electrons. The molecule has 1 aliphatic carbocycles. The number of esters is 1. The molecule has 0 unspecified atom stereocenters. The largest absolute Gasteiger partial charge is 0.466 e. The molecule has 0 atom stereocenters. The molecule has 1 fully saturated rings. The van der Waals surface area contributed by atoms with Crippen LogP contribution in [0.4, 0.5) is 5.82 Å². The van der Waals surface area contributed by atoms with E-state index in [9.17, 15) is 9.59 Å². The van der Waals surface area contributed by atoms with E-state index in [4.69, 9.17) is 14.7 Å². The summed E-state index contributed by atoms with van der Waals surface area (Å²) in [6, 6.07) is 0. The average Bonchev–Trinajstić information content (AvgIpc) is 3.16. The molecule has 4 rings (SSSR count). The van der Waals surface area contributed by atoms with Crippen LogP contribution >= 0.6 is 11.3 Å². The Kier molecular flexibility index (Phi) is 7.05. The molecular formula is C23H32N4O3S. The quantitative estimate of drug-likeness (QED) is 0.609. The third-order valence-electron chi connectivity index (χ3n) is 6.10. The zero-order valence-electron chi connectivity index (χ0n) is 18.6. The minimum Gasteiger partial charge on any atom is -0.466 e. The Hall–Kier alpha value is -2.22. The zero-order valence-corrected chi connectivity index (χ0v) is 19.4. The number of aryl methyl sites for hydroxylation is 3. The van der Waals surface area contributed by atoms with E-state index in [1.807, 2.05) is 16.2 Å². The molecule has 2 aromatic rings. The van der Waals surface area contributed by atoms with Crippen LogP contribution in [0.1, 0.15) is 62.2 Å². The highest BCUT2D eigenvalue weighted by Gasteiger charge is 2.27. The monoisotopic (exact) mass is 444 g/mol. The maximum atomic E-state index is 12.5. The summed E-state index contributed by atoms with van der Waals surface area (Å²) in [5.41, 5.74) is 1.46. The fourth-order valence-electron chi connectivity index (χ4n) is 4.51. The highest BCUT2D eigenvalue weighted by atomic mass is 32.1. The number of anilines is 1. The van der Waals surface area contributed by atoms with E-state index in [1.54, 1.807) is 6.92 Å². The molecule has 3 heterocycles. The van der Waals surface area contributed by atoms with Crippen molar-refractivity contribution in [3.05, 3.63) is 16.3 Å². The molecule has 0 N–H and O–H groups in total. The second kappa shape index (κ2) is 9.94. The van der Waals surface area contributed by atoms with Crippen molar-refractivity contribution >= 4 is 39.2 Å². The van der Waals surface area contributed by atoms with Crippen molar-refractivity contribution in [2.45, 2.75) is 65.2 Å². The summed E-state index contributed by atoms with van der Waals surface area (Å²) in [5, 5.41) is 1.25. The van der Waals surface area contributed by atoms with E-state index in [1.165, 1.54) is 28.7 Å². The lowest BCUT2D eigenvalue weighted by atomic mass is 9.97. The van der Waals surface area contributed by atoms with Crippen LogP contribution < -0.4 is 4.90 Å². The maximum absolute atomic E-state index is 12.5. The van der Waals surface area contributed by atoms with Gasteiger partial charge >= 0.3 is 5.97 Å². The Bertz CT molecular complexity index is 950. The van der Waals surface area contributed by atoms with Crippen LogP contribution in [-0.4, -0.2) is 59.5 Å². The van der Waals surface area contributed by atoms with Gasteiger partial charge in [-0.1, -0.05) is 6.92 Å². The Labute approximate surface area is 187 Å². The number of ether oxygens (including phenoxy) is 1. The first-order chi connectivity index (χ1) is 15.1. The van der Waals surface area contributed by atoms with Gasteiger partial charge < -0.3 is 14.5 Å². The normalized spacial score (nSPS) is 16.5. The fraction of sp³-hybridized carbons (Fsp3) is 0.652. The Morgan fingerprint density at radius 2 is 1.81 bits per heavy atom. The third kappa shape index (κ3) is 4.84. The summed E-state index contributed by atoms with van der Waals surface area (Å²) in [6.07, 6.45) is 7.05. The Morgan fingerprint density at radius 1 is 1.03 bits per heavy atom. The predicted octanol–water partition coefficient (Wildman–Crippen LogP) is 3.51. The summed E-state index contributed by atoms with van der Waals surface area (Å²) in [6.45, 7) is 7.12. The number of aromatic nitrogens is 2. The van der Waals surface area contributed by atoms with E-state index < -0.39 is 0 Å². The van der Waals surface area contributed by atoms with Crippen LogP contribution in [0.5, 0.6) is 0 Å². The number of nitrogens with zero attached hydrogens (tertiary/aromatic N) is 4. The summed E-state index contributed by atoms with van der Waals surface area (Å²) in [5.74, 6) is 1.71. The van der Waals surface area contributed by atoms with E-state index in [-0.39, 0.29) is 24.7 Å². The molecule has 168 valence electrons. The molecule has 0 aromatic carbocycles. The molecule has 0 bridgehead atoms. The van der Waals surface area contributed by atoms with Crippen LogP contribution in [-0.2, 0) is 33.6 Å². The highest BCUT2D eigenvalue weighted by molar-refractivity contribution is 7.19. The first-order valence-corrected chi connectivity index (χ1v) is 12.4. The van der Waals surface area contributed by atoms with Crippen molar-refractivity contribution in [1.82, 2.24) is 14.9 Å². The molecule has 31 heavy (non-hydrogen) atoms. The van der Waals surface area contributed by atoms with Crippen molar-refractivity contribution in [1.29, 1.82) is 0 Å². The number of hydrogen-bond acceptors (Lipinski definition) is 7. The average molecular weight is 445 g/mol. The van der Waals surface area contributed by atoms with Gasteiger partial charge in [-0.2, -0.15) is 0 Å². The van der Waals surface area contributed by atoms with Gasteiger partial charge in [0.05, 0.1) is 18.4 Å². The number of piperazine rings is 1. The molecule has 2 aliphatic rings. The third-order valence-corrected chi connectivity index (χ3v) is 7.28. The molecule has 1 saturated heterocycles. The summed E-state index contributed by atoms with van der Waals surface area (Å²) in [7, 11) is 0. The van der Waals surface area contributed by atoms with Crippen LogP contribution in [0.15, 0.2) is 0 Å². The maximum Gasteiger partial charge on any atom is 0.306 e. The number of rotatable bonds is 7. The Balaban J connectivity index is 1.50. The van der Waals surface area contributed by atoms with Crippen molar-refractivity contribution in [3.8, 4) is 0 Å². The van der Waals surface area contributed by atoms with Gasteiger partial charge in [0.15, 0.2) is 0 Å². The molecular weight excluding hydrogens is 412 g/mol. The zero-order chi connectivity index (χ0) is 21.8. The number of carbonyl (C=O) groups is 2. The van der Waals surface area contributed by atoms with Crippen LogP contribution in [0.3, 0.4) is 0 Å². The predicted molar refractivity (Wildman–Crippen MR) is 123 cm³/mol. The number of amides is 1. The molecule has 1 amide bonds. The van der Waals surface area contributed by atoms with Gasteiger partial charge in [0, 0.05) is 43.9 Å². The number of thiophene rings is 1. The first kappa shape index (κ1) is 22.0. The standard InChI is InChI=1S/C23H32N4O3S/c1-3-7-18-24-22(21-16-8-5-6-9-17(16)31-23(21)25-18)27-14-12-26(13-15-27)19(28)10-11-20(29)30-4-2/h3-15H2,1-2H3. The molecule has 2 aromatic heterocycles.